The Kier molecular flexibility index (Phi) is 3.65. The topological polar surface area (TPSA) is 60.3 Å². The Morgan fingerprint density at radius 3 is 2.61 bits per heavy atom. The molecule has 0 bridgehead atoms. The van der Waals surface area contributed by atoms with Gasteiger partial charge in [0.2, 0.25) is 5.82 Å². The predicted molar refractivity (Wildman–Crippen MR) is 66.2 cm³/mol. The summed E-state index contributed by atoms with van der Waals surface area (Å²) in [6.07, 6.45) is -0.0217. The van der Waals surface area contributed by atoms with Crippen LogP contribution in [0.1, 0.15) is 50.2 Å². The fourth-order valence-corrected chi connectivity index (χ4v) is 2.23. The Balaban J connectivity index is 2.25. The molecule has 0 spiro atoms. The van der Waals surface area contributed by atoms with Gasteiger partial charge in [0, 0.05) is 19.6 Å². The van der Waals surface area contributed by atoms with E-state index in [1.54, 1.807) is 4.90 Å². The van der Waals surface area contributed by atoms with Crippen molar-refractivity contribution in [1.29, 1.82) is 0 Å². The first-order chi connectivity index (χ1) is 8.54. The van der Waals surface area contributed by atoms with Crippen LogP contribution >= 0.6 is 0 Å². The van der Waals surface area contributed by atoms with Gasteiger partial charge in [0.15, 0.2) is 5.82 Å². The molecule has 0 radical (unpaired) electrons. The van der Waals surface area contributed by atoms with E-state index in [0.717, 1.165) is 12.4 Å². The van der Waals surface area contributed by atoms with Crippen LogP contribution in [0.2, 0.25) is 0 Å². The summed E-state index contributed by atoms with van der Waals surface area (Å²) >= 11 is 0. The van der Waals surface area contributed by atoms with Crippen molar-refractivity contribution in [2.24, 2.45) is 0 Å². The second kappa shape index (κ2) is 5.06. The van der Waals surface area contributed by atoms with Crippen molar-refractivity contribution in [3.05, 3.63) is 11.6 Å². The van der Waals surface area contributed by atoms with Gasteiger partial charge in [0.05, 0.1) is 6.10 Å². The van der Waals surface area contributed by atoms with Crippen molar-refractivity contribution in [2.75, 3.05) is 13.1 Å². The number of amides is 1. The van der Waals surface area contributed by atoms with Gasteiger partial charge in [0.1, 0.15) is 6.10 Å². The third-order valence-corrected chi connectivity index (χ3v) is 3.07. The fraction of sp³-hybridized carbons (Fsp3) is 0.750. The van der Waals surface area contributed by atoms with Crippen LogP contribution < -0.4 is 0 Å². The highest BCUT2D eigenvalue weighted by atomic mass is 16.5. The number of carbonyl (C=O) groups is 1. The largest absolute Gasteiger partial charge is 0.368 e. The zero-order valence-corrected chi connectivity index (χ0v) is 11.4. The summed E-state index contributed by atoms with van der Waals surface area (Å²) < 4.78 is 7.58. The van der Waals surface area contributed by atoms with Crippen LogP contribution in [0, 0.1) is 0 Å². The van der Waals surface area contributed by atoms with Gasteiger partial charge in [-0.2, -0.15) is 0 Å². The summed E-state index contributed by atoms with van der Waals surface area (Å²) in [5, 5.41) is 8.12. The zero-order chi connectivity index (χ0) is 13.3. The van der Waals surface area contributed by atoms with E-state index < -0.39 is 0 Å². The average molecular weight is 252 g/mol. The summed E-state index contributed by atoms with van der Waals surface area (Å²) in [5.74, 6) is 1.12. The first-order valence-corrected chi connectivity index (χ1v) is 6.42. The number of rotatable bonds is 4. The van der Waals surface area contributed by atoms with Gasteiger partial charge in [-0.15, -0.1) is 10.2 Å². The Morgan fingerprint density at radius 1 is 1.28 bits per heavy atom. The minimum Gasteiger partial charge on any atom is -0.368 e. The number of hydrogen-bond donors (Lipinski definition) is 0. The van der Waals surface area contributed by atoms with Crippen molar-refractivity contribution >= 4 is 5.91 Å². The van der Waals surface area contributed by atoms with E-state index in [9.17, 15) is 4.79 Å². The molecule has 1 aliphatic rings. The third-order valence-electron chi connectivity index (χ3n) is 3.07. The predicted octanol–water partition coefficient (Wildman–Crippen LogP) is 1.24. The molecule has 1 aromatic rings. The molecular weight excluding hydrogens is 232 g/mol. The van der Waals surface area contributed by atoms with Gasteiger partial charge in [-0.1, -0.05) is 0 Å². The van der Waals surface area contributed by atoms with E-state index in [2.05, 4.69) is 10.2 Å². The van der Waals surface area contributed by atoms with Gasteiger partial charge in [-0.05, 0) is 27.7 Å². The molecule has 0 aliphatic carbocycles. The molecule has 2 heterocycles. The number of hydrogen-bond acceptors (Lipinski definition) is 4. The van der Waals surface area contributed by atoms with E-state index >= 15 is 0 Å². The van der Waals surface area contributed by atoms with Crippen molar-refractivity contribution in [3.8, 4) is 0 Å². The molecule has 1 atom stereocenters. The van der Waals surface area contributed by atoms with E-state index in [-0.39, 0.29) is 18.1 Å². The number of carbonyl (C=O) groups excluding carboxylic acids is 1. The number of ether oxygens (including phenoxy) is 1. The van der Waals surface area contributed by atoms with Crippen molar-refractivity contribution in [3.63, 3.8) is 0 Å². The van der Waals surface area contributed by atoms with Crippen LogP contribution in [-0.4, -0.2) is 44.8 Å². The molecule has 0 N–H and O–H groups in total. The quantitative estimate of drug-likeness (QED) is 0.809. The molecule has 18 heavy (non-hydrogen) atoms. The number of likely N-dealkylation sites (N-methyl/N-ethyl adjacent to an activating group) is 1. The SMILES string of the molecule is CCN1CCn2c(nnc2C(C)OC(C)C)C1=O. The van der Waals surface area contributed by atoms with E-state index in [4.69, 9.17) is 4.74 Å². The highest BCUT2D eigenvalue weighted by Gasteiger charge is 2.29. The van der Waals surface area contributed by atoms with E-state index in [0.29, 0.717) is 18.9 Å². The Bertz CT molecular complexity index is 441. The molecule has 0 fully saturated rings. The lowest BCUT2D eigenvalue weighted by atomic mass is 10.3. The van der Waals surface area contributed by atoms with Crippen LogP contribution in [0.25, 0.3) is 0 Å². The molecule has 1 unspecified atom stereocenters. The minimum absolute atomic E-state index is 0.0424. The zero-order valence-electron chi connectivity index (χ0n) is 11.4. The molecule has 1 amide bonds. The second-order valence-electron chi connectivity index (χ2n) is 4.75. The molecule has 100 valence electrons. The van der Waals surface area contributed by atoms with Crippen LogP contribution in [0.15, 0.2) is 0 Å². The molecule has 1 aliphatic heterocycles. The standard InChI is InChI=1S/C12H20N4O2/c1-5-15-6-7-16-10(9(4)18-8(2)3)13-14-11(16)12(15)17/h8-9H,5-7H2,1-4H3. The molecular formula is C12H20N4O2. The van der Waals surface area contributed by atoms with E-state index in [1.807, 2.05) is 32.3 Å². The molecule has 1 aromatic heterocycles. The molecule has 6 heteroatoms. The normalized spacial score (nSPS) is 17.2. The minimum atomic E-state index is -0.146. The monoisotopic (exact) mass is 252 g/mol. The maximum Gasteiger partial charge on any atom is 0.291 e. The maximum absolute atomic E-state index is 12.1. The van der Waals surface area contributed by atoms with Crippen LogP contribution in [-0.2, 0) is 11.3 Å². The summed E-state index contributed by atoms with van der Waals surface area (Å²) in [5.41, 5.74) is 0. The number of nitrogens with zero attached hydrogens (tertiary/aromatic N) is 4. The first-order valence-electron chi connectivity index (χ1n) is 6.42. The molecule has 0 saturated heterocycles. The van der Waals surface area contributed by atoms with Gasteiger partial charge in [0.25, 0.3) is 5.91 Å². The number of fused-ring (bicyclic) bond motifs is 1. The average Bonchev–Trinajstić information content (AvgIpc) is 2.73. The van der Waals surface area contributed by atoms with Gasteiger partial charge < -0.3 is 14.2 Å². The van der Waals surface area contributed by atoms with Crippen LogP contribution in [0.5, 0.6) is 0 Å². The fourth-order valence-electron chi connectivity index (χ4n) is 2.23. The summed E-state index contributed by atoms with van der Waals surface area (Å²) in [6, 6.07) is 0. The lowest BCUT2D eigenvalue weighted by molar-refractivity contribution is 0.0101. The lowest BCUT2D eigenvalue weighted by Crippen LogP contribution is -2.40. The molecule has 6 nitrogen and oxygen atoms in total. The Morgan fingerprint density at radius 2 is 2.00 bits per heavy atom. The summed E-state index contributed by atoms with van der Waals surface area (Å²) in [6.45, 7) is 10.0. The molecule has 2 rings (SSSR count). The Hall–Kier alpha value is -1.43. The number of aromatic nitrogens is 3. The lowest BCUT2D eigenvalue weighted by Gasteiger charge is -2.27. The van der Waals surface area contributed by atoms with Crippen LogP contribution in [0.4, 0.5) is 0 Å². The van der Waals surface area contributed by atoms with Gasteiger partial charge in [-0.3, -0.25) is 4.79 Å². The smallest absolute Gasteiger partial charge is 0.291 e. The Labute approximate surface area is 107 Å². The summed E-state index contributed by atoms with van der Waals surface area (Å²) in [4.78, 5) is 13.8. The molecule has 0 aromatic carbocycles. The van der Waals surface area contributed by atoms with Crippen molar-refractivity contribution in [1.82, 2.24) is 19.7 Å². The van der Waals surface area contributed by atoms with E-state index in [1.165, 1.54) is 0 Å². The maximum atomic E-state index is 12.1. The first kappa shape index (κ1) is 13.0. The highest BCUT2D eigenvalue weighted by Crippen LogP contribution is 2.20. The third kappa shape index (κ3) is 2.25. The van der Waals surface area contributed by atoms with Crippen molar-refractivity contribution < 1.29 is 9.53 Å². The van der Waals surface area contributed by atoms with Crippen LogP contribution in [0.3, 0.4) is 0 Å². The highest BCUT2D eigenvalue weighted by molar-refractivity contribution is 5.91. The molecule has 0 saturated carbocycles. The second-order valence-corrected chi connectivity index (χ2v) is 4.75. The van der Waals surface area contributed by atoms with Gasteiger partial charge in [-0.25, -0.2) is 0 Å². The van der Waals surface area contributed by atoms with Crippen molar-refractivity contribution in [2.45, 2.75) is 46.4 Å². The van der Waals surface area contributed by atoms with Gasteiger partial charge >= 0.3 is 0 Å². The summed E-state index contributed by atoms with van der Waals surface area (Å²) in [7, 11) is 0.